The number of benzene rings is 1. The lowest BCUT2D eigenvalue weighted by Gasteiger charge is -2.11. The number of rotatable bonds is 3. The highest BCUT2D eigenvalue weighted by Gasteiger charge is 2.12. The summed E-state index contributed by atoms with van der Waals surface area (Å²) in [5.41, 5.74) is 6.48. The molecule has 0 saturated heterocycles. The van der Waals surface area contributed by atoms with Gasteiger partial charge in [-0.15, -0.1) is 0 Å². The molecule has 5 heteroatoms. The number of carbonyl (C=O) groups excluding carboxylic acids is 1. The monoisotopic (exact) mass is 215 g/mol. The van der Waals surface area contributed by atoms with Gasteiger partial charge in [0.2, 0.25) is 0 Å². The van der Waals surface area contributed by atoms with Gasteiger partial charge in [-0.2, -0.15) is 8.78 Å². The van der Waals surface area contributed by atoms with E-state index >= 15 is 0 Å². The third-order valence-corrected chi connectivity index (χ3v) is 2.02. The van der Waals surface area contributed by atoms with Crippen molar-refractivity contribution in [3.05, 3.63) is 23.3 Å². The van der Waals surface area contributed by atoms with E-state index in [2.05, 4.69) is 4.74 Å². The summed E-state index contributed by atoms with van der Waals surface area (Å²) in [6, 6.07) is 2.70. The van der Waals surface area contributed by atoms with Gasteiger partial charge in [0.05, 0.1) is 0 Å². The highest BCUT2D eigenvalue weighted by Crippen LogP contribution is 2.27. The van der Waals surface area contributed by atoms with Gasteiger partial charge in [-0.1, -0.05) is 0 Å². The van der Waals surface area contributed by atoms with Crippen LogP contribution in [0.4, 0.5) is 14.5 Å². The Balaban J connectivity index is 3.19. The maximum Gasteiger partial charge on any atom is 0.387 e. The summed E-state index contributed by atoms with van der Waals surface area (Å²) in [6.45, 7) is -0.0435. The fourth-order valence-electron chi connectivity index (χ4n) is 1.13. The van der Waals surface area contributed by atoms with Crippen molar-refractivity contribution in [2.45, 2.75) is 20.5 Å². The third-order valence-electron chi connectivity index (χ3n) is 2.02. The molecule has 0 atom stereocenters. The number of Topliss-reactive ketones (excluding diaryl/α,β-unsaturated/α-hetero) is 1. The van der Waals surface area contributed by atoms with Crippen LogP contribution < -0.4 is 10.5 Å². The molecule has 0 aliphatic rings. The first kappa shape index (κ1) is 11.4. The number of hydrogen-bond acceptors (Lipinski definition) is 3. The molecule has 0 aliphatic carbocycles. The van der Waals surface area contributed by atoms with E-state index in [1.807, 2.05) is 0 Å². The lowest BCUT2D eigenvalue weighted by atomic mass is 10.1. The van der Waals surface area contributed by atoms with Crippen molar-refractivity contribution in [3.8, 4) is 5.75 Å². The molecule has 0 bridgehead atoms. The summed E-state index contributed by atoms with van der Waals surface area (Å²) in [6.07, 6.45) is 0. The first-order chi connectivity index (χ1) is 6.91. The Hall–Kier alpha value is -1.65. The Morgan fingerprint density at radius 1 is 1.47 bits per heavy atom. The van der Waals surface area contributed by atoms with Crippen molar-refractivity contribution in [1.29, 1.82) is 0 Å². The Morgan fingerprint density at radius 3 is 2.53 bits per heavy atom. The second-order valence-electron chi connectivity index (χ2n) is 3.12. The SMILES string of the molecule is CC(=O)c1cc(N)c(C)c(OC(F)F)c1. The molecule has 0 heterocycles. The molecule has 0 radical (unpaired) electrons. The molecule has 0 spiro atoms. The molecule has 0 unspecified atom stereocenters. The van der Waals surface area contributed by atoms with Crippen LogP contribution in [0.15, 0.2) is 12.1 Å². The van der Waals surface area contributed by atoms with Gasteiger partial charge >= 0.3 is 6.61 Å². The molecule has 3 nitrogen and oxygen atoms in total. The second kappa shape index (κ2) is 4.25. The van der Waals surface area contributed by atoms with E-state index in [-0.39, 0.29) is 22.8 Å². The zero-order valence-electron chi connectivity index (χ0n) is 8.38. The van der Waals surface area contributed by atoms with E-state index in [1.54, 1.807) is 6.92 Å². The summed E-state index contributed by atoms with van der Waals surface area (Å²) in [7, 11) is 0. The van der Waals surface area contributed by atoms with E-state index in [9.17, 15) is 13.6 Å². The number of ketones is 1. The maximum absolute atomic E-state index is 12.0. The summed E-state index contributed by atoms with van der Waals surface area (Å²) < 4.78 is 28.3. The number of halogens is 2. The number of ether oxygens (including phenoxy) is 1. The number of carbonyl (C=O) groups is 1. The Bertz CT molecular complexity index is 391. The van der Waals surface area contributed by atoms with Crippen LogP contribution in [0.3, 0.4) is 0 Å². The van der Waals surface area contributed by atoms with Crippen molar-refractivity contribution < 1.29 is 18.3 Å². The van der Waals surface area contributed by atoms with Gasteiger partial charge < -0.3 is 10.5 Å². The zero-order chi connectivity index (χ0) is 11.6. The average Bonchev–Trinajstić information content (AvgIpc) is 2.11. The molecule has 0 amide bonds. The topological polar surface area (TPSA) is 52.3 Å². The molecule has 0 aromatic heterocycles. The van der Waals surface area contributed by atoms with E-state index in [0.717, 1.165) is 0 Å². The molecule has 15 heavy (non-hydrogen) atoms. The summed E-state index contributed by atoms with van der Waals surface area (Å²) in [5.74, 6) is -0.309. The fourth-order valence-corrected chi connectivity index (χ4v) is 1.13. The molecule has 0 saturated carbocycles. The minimum Gasteiger partial charge on any atom is -0.434 e. The van der Waals surface area contributed by atoms with Gasteiger partial charge in [0, 0.05) is 16.8 Å². The van der Waals surface area contributed by atoms with Crippen LogP contribution in [0.1, 0.15) is 22.8 Å². The van der Waals surface area contributed by atoms with Crippen LogP contribution in [0.25, 0.3) is 0 Å². The van der Waals surface area contributed by atoms with Crippen molar-refractivity contribution >= 4 is 11.5 Å². The number of hydrogen-bond donors (Lipinski definition) is 1. The minimum atomic E-state index is -2.93. The van der Waals surface area contributed by atoms with Crippen molar-refractivity contribution in [3.63, 3.8) is 0 Å². The van der Waals surface area contributed by atoms with Crippen LogP contribution in [0.5, 0.6) is 5.75 Å². The zero-order valence-corrected chi connectivity index (χ0v) is 8.38. The molecule has 1 aromatic rings. The van der Waals surface area contributed by atoms with Crippen molar-refractivity contribution in [2.24, 2.45) is 0 Å². The van der Waals surface area contributed by atoms with E-state index < -0.39 is 6.61 Å². The molecule has 82 valence electrons. The Kier molecular flexibility index (Phi) is 3.24. The van der Waals surface area contributed by atoms with Gasteiger partial charge in [-0.25, -0.2) is 0 Å². The predicted molar refractivity (Wildman–Crippen MR) is 52.2 cm³/mol. The van der Waals surface area contributed by atoms with Crippen LogP contribution in [-0.4, -0.2) is 12.4 Å². The normalized spacial score (nSPS) is 10.5. The molecule has 1 rings (SSSR count). The molecule has 0 fully saturated rings. The van der Waals surface area contributed by atoms with Gasteiger partial charge in [0.1, 0.15) is 5.75 Å². The second-order valence-corrected chi connectivity index (χ2v) is 3.12. The van der Waals surface area contributed by atoms with Gasteiger partial charge in [0.15, 0.2) is 5.78 Å². The molecule has 2 N–H and O–H groups in total. The molecule has 1 aromatic carbocycles. The van der Waals surface area contributed by atoms with Crippen LogP contribution in [0, 0.1) is 6.92 Å². The highest BCUT2D eigenvalue weighted by molar-refractivity contribution is 5.95. The average molecular weight is 215 g/mol. The Morgan fingerprint density at radius 2 is 2.07 bits per heavy atom. The van der Waals surface area contributed by atoms with Gasteiger partial charge in [0.25, 0.3) is 0 Å². The first-order valence-corrected chi connectivity index (χ1v) is 4.27. The number of nitrogen functional groups attached to an aromatic ring is 1. The van der Waals surface area contributed by atoms with Gasteiger partial charge in [-0.3, -0.25) is 4.79 Å². The smallest absolute Gasteiger partial charge is 0.387 e. The summed E-state index contributed by atoms with van der Waals surface area (Å²) >= 11 is 0. The number of alkyl halides is 2. The molecular formula is C10H11F2NO2. The van der Waals surface area contributed by atoms with Crippen molar-refractivity contribution in [2.75, 3.05) is 5.73 Å². The quantitative estimate of drug-likeness (QED) is 0.622. The number of anilines is 1. The van der Waals surface area contributed by atoms with E-state index in [4.69, 9.17) is 5.73 Å². The molecule has 0 aliphatic heterocycles. The largest absolute Gasteiger partial charge is 0.434 e. The standard InChI is InChI=1S/C10H11F2NO2/c1-5-8(13)3-7(6(2)14)4-9(5)15-10(11)12/h3-4,10H,13H2,1-2H3. The van der Waals surface area contributed by atoms with Gasteiger partial charge in [-0.05, 0) is 26.0 Å². The highest BCUT2D eigenvalue weighted by atomic mass is 19.3. The fraction of sp³-hybridized carbons (Fsp3) is 0.300. The lowest BCUT2D eigenvalue weighted by Crippen LogP contribution is -2.06. The lowest BCUT2D eigenvalue weighted by molar-refractivity contribution is -0.0502. The van der Waals surface area contributed by atoms with Crippen molar-refractivity contribution in [1.82, 2.24) is 0 Å². The first-order valence-electron chi connectivity index (χ1n) is 4.27. The predicted octanol–water partition coefficient (Wildman–Crippen LogP) is 2.38. The van der Waals surface area contributed by atoms with Crippen LogP contribution in [0.2, 0.25) is 0 Å². The third kappa shape index (κ3) is 2.65. The van der Waals surface area contributed by atoms with Crippen LogP contribution in [-0.2, 0) is 0 Å². The van der Waals surface area contributed by atoms with E-state index in [0.29, 0.717) is 5.56 Å². The van der Waals surface area contributed by atoms with E-state index in [1.165, 1.54) is 19.1 Å². The Labute approximate surface area is 85.8 Å². The minimum absolute atomic E-state index is 0.0600. The molecular weight excluding hydrogens is 204 g/mol. The summed E-state index contributed by atoms with van der Waals surface area (Å²) in [4.78, 5) is 11.0. The van der Waals surface area contributed by atoms with Crippen LogP contribution >= 0.6 is 0 Å². The maximum atomic E-state index is 12.0. The number of nitrogens with two attached hydrogens (primary N) is 1. The summed E-state index contributed by atoms with van der Waals surface area (Å²) in [5, 5.41) is 0.